The first-order valence-electron chi connectivity index (χ1n) is 8.21. The predicted molar refractivity (Wildman–Crippen MR) is 92.5 cm³/mol. The van der Waals surface area contributed by atoms with Crippen LogP contribution in [0.4, 0.5) is 0 Å². The van der Waals surface area contributed by atoms with Gasteiger partial charge in [0.2, 0.25) is 10.0 Å². The van der Waals surface area contributed by atoms with Crippen molar-refractivity contribution in [3.8, 4) is 0 Å². The highest BCUT2D eigenvalue weighted by molar-refractivity contribution is 7.91. The highest BCUT2D eigenvalue weighted by Crippen LogP contribution is 2.32. The first-order chi connectivity index (χ1) is 10.8. The predicted octanol–water partition coefficient (Wildman–Crippen LogP) is 2.19. The van der Waals surface area contributed by atoms with E-state index >= 15 is 0 Å². The number of sulfonamides is 1. The Kier molecular flexibility index (Phi) is 4.86. The van der Waals surface area contributed by atoms with Gasteiger partial charge in [-0.2, -0.15) is 0 Å². The Morgan fingerprint density at radius 1 is 1.35 bits per heavy atom. The number of hydrogen-bond acceptors (Lipinski definition) is 5. The van der Waals surface area contributed by atoms with Gasteiger partial charge in [-0.15, -0.1) is 11.3 Å². The van der Waals surface area contributed by atoms with Gasteiger partial charge in [-0.05, 0) is 30.4 Å². The second-order valence-corrected chi connectivity index (χ2v) is 10.5. The molecule has 1 saturated carbocycles. The molecule has 0 amide bonds. The molecule has 1 unspecified atom stereocenters. The molecule has 5 nitrogen and oxygen atoms in total. The number of rotatable bonds is 5. The van der Waals surface area contributed by atoms with Crippen LogP contribution < -0.4 is 4.72 Å². The molecule has 1 aliphatic carbocycles. The fraction of sp³-hybridized carbons (Fsp3) is 0.750. The molecule has 7 heteroatoms. The summed E-state index contributed by atoms with van der Waals surface area (Å²) in [5.74, 6) is 0. The summed E-state index contributed by atoms with van der Waals surface area (Å²) in [6, 6.07) is 4.31. The average molecular weight is 359 g/mol. The molecule has 0 aromatic carbocycles. The van der Waals surface area contributed by atoms with Crippen molar-refractivity contribution in [3.63, 3.8) is 0 Å². The van der Waals surface area contributed by atoms with E-state index in [0.29, 0.717) is 23.4 Å². The minimum absolute atomic E-state index is 0.0321. The second-order valence-electron chi connectivity index (χ2n) is 7.44. The van der Waals surface area contributed by atoms with Gasteiger partial charge in [0.25, 0.3) is 0 Å². The third kappa shape index (κ3) is 4.33. The van der Waals surface area contributed by atoms with Gasteiger partial charge >= 0.3 is 0 Å². The molecule has 2 fully saturated rings. The normalized spacial score (nSPS) is 24.0. The lowest BCUT2D eigenvalue weighted by atomic mass is 9.95. The molecule has 1 saturated heterocycles. The summed E-state index contributed by atoms with van der Waals surface area (Å²) in [4.78, 5) is 3.50. The van der Waals surface area contributed by atoms with Crippen molar-refractivity contribution in [2.75, 3.05) is 26.2 Å². The fourth-order valence-electron chi connectivity index (χ4n) is 2.78. The summed E-state index contributed by atoms with van der Waals surface area (Å²) in [5.41, 5.74) is -0.0321. The van der Waals surface area contributed by atoms with Crippen molar-refractivity contribution in [2.45, 2.75) is 55.4 Å². The standard InChI is InChI=1S/C16H26N2O3S2/c1-16(2,3)14-6-7-15(22-14)23(19,20)17-10-13-11-18(8-9-21-13)12-4-5-12/h6-7,12-13,17H,4-5,8-11H2,1-3H3. The number of thiophene rings is 1. The van der Waals surface area contributed by atoms with E-state index in [1.165, 1.54) is 24.2 Å². The third-order valence-electron chi connectivity index (χ3n) is 4.32. The SMILES string of the molecule is CC(C)(C)c1ccc(S(=O)(=O)NCC2CN(C3CC3)CCO2)s1. The van der Waals surface area contributed by atoms with E-state index < -0.39 is 10.0 Å². The molecule has 1 aromatic rings. The smallest absolute Gasteiger partial charge is 0.250 e. The van der Waals surface area contributed by atoms with Crippen LogP contribution in [0.5, 0.6) is 0 Å². The van der Waals surface area contributed by atoms with Crippen molar-refractivity contribution < 1.29 is 13.2 Å². The molecule has 1 atom stereocenters. The maximum atomic E-state index is 12.5. The Hall–Kier alpha value is -0.470. The molecule has 130 valence electrons. The molecular formula is C16H26N2O3S2. The lowest BCUT2D eigenvalue weighted by Crippen LogP contribution is -2.48. The van der Waals surface area contributed by atoms with Crippen molar-refractivity contribution in [1.82, 2.24) is 9.62 Å². The maximum Gasteiger partial charge on any atom is 0.250 e. The number of ether oxygens (including phenoxy) is 1. The lowest BCUT2D eigenvalue weighted by Gasteiger charge is -2.32. The van der Waals surface area contributed by atoms with Crippen LogP contribution in [0.25, 0.3) is 0 Å². The topological polar surface area (TPSA) is 58.6 Å². The van der Waals surface area contributed by atoms with Crippen LogP contribution in [0.3, 0.4) is 0 Å². The molecule has 1 aliphatic heterocycles. The molecular weight excluding hydrogens is 332 g/mol. The van der Waals surface area contributed by atoms with Crippen LogP contribution in [-0.4, -0.2) is 51.7 Å². The van der Waals surface area contributed by atoms with Gasteiger partial charge in [0, 0.05) is 30.6 Å². The highest BCUT2D eigenvalue weighted by Gasteiger charge is 2.33. The van der Waals surface area contributed by atoms with Crippen LogP contribution >= 0.6 is 11.3 Å². The van der Waals surface area contributed by atoms with Gasteiger partial charge < -0.3 is 4.74 Å². The Balaban J connectivity index is 1.59. The van der Waals surface area contributed by atoms with Gasteiger partial charge in [-0.3, -0.25) is 4.90 Å². The summed E-state index contributed by atoms with van der Waals surface area (Å²) >= 11 is 1.35. The molecule has 0 radical (unpaired) electrons. The molecule has 23 heavy (non-hydrogen) atoms. The van der Waals surface area contributed by atoms with Crippen molar-refractivity contribution in [1.29, 1.82) is 0 Å². The van der Waals surface area contributed by atoms with Crippen molar-refractivity contribution >= 4 is 21.4 Å². The van der Waals surface area contributed by atoms with Gasteiger partial charge in [-0.25, -0.2) is 13.1 Å². The molecule has 0 bridgehead atoms. The van der Waals surface area contributed by atoms with E-state index in [-0.39, 0.29) is 11.5 Å². The van der Waals surface area contributed by atoms with Crippen LogP contribution in [0.1, 0.15) is 38.5 Å². The van der Waals surface area contributed by atoms with Crippen LogP contribution in [0, 0.1) is 0 Å². The zero-order valence-electron chi connectivity index (χ0n) is 14.0. The number of nitrogens with zero attached hydrogens (tertiary/aromatic N) is 1. The fourth-order valence-corrected chi connectivity index (χ4v) is 5.25. The van der Waals surface area contributed by atoms with E-state index in [1.54, 1.807) is 6.07 Å². The summed E-state index contributed by atoms with van der Waals surface area (Å²) in [5, 5.41) is 0. The van der Waals surface area contributed by atoms with Crippen molar-refractivity contribution in [3.05, 3.63) is 17.0 Å². The van der Waals surface area contributed by atoms with Gasteiger partial charge in [0.15, 0.2) is 0 Å². The first kappa shape index (κ1) is 17.4. The van der Waals surface area contributed by atoms with E-state index in [9.17, 15) is 8.42 Å². The van der Waals surface area contributed by atoms with Crippen LogP contribution in [-0.2, 0) is 20.2 Å². The highest BCUT2D eigenvalue weighted by atomic mass is 32.2. The third-order valence-corrected chi connectivity index (χ3v) is 7.75. The average Bonchev–Trinajstić information content (AvgIpc) is 3.20. The molecule has 0 spiro atoms. The Morgan fingerprint density at radius 2 is 2.09 bits per heavy atom. The molecule has 2 heterocycles. The quantitative estimate of drug-likeness (QED) is 0.876. The number of morpholine rings is 1. The maximum absolute atomic E-state index is 12.5. The minimum atomic E-state index is -3.45. The molecule has 2 aliphatic rings. The minimum Gasteiger partial charge on any atom is -0.374 e. The van der Waals surface area contributed by atoms with E-state index in [0.717, 1.165) is 18.0 Å². The Bertz CT molecular complexity index is 645. The zero-order valence-corrected chi connectivity index (χ0v) is 15.7. The summed E-state index contributed by atoms with van der Waals surface area (Å²) < 4.78 is 33.8. The van der Waals surface area contributed by atoms with Gasteiger partial charge in [-0.1, -0.05) is 20.8 Å². The number of hydrogen-bond donors (Lipinski definition) is 1. The molecule has 3 rings (SSSR count). The van der Waals surface area contributed by atoms with Crippen molar-refractivity contribution in [2.24, 2.45) is 0 Å². The van der Waals surface area contributed by atoms with Gasteiger partial charge in [0.1, 0.15) is 4.21 Å². The Morgan fingerprint density at radius 3 is 2.70 bits per heavy atom. The summed E-state index contributed by atoms with van der Waals surface area (Å²) in [6.45, 7) is 9.09. The van der Waals surface area contributed by atoms with E-state index in [4.69, 9.17) is 4.74 Å². The summed E-state index contributed by atoms with van der Waals surface area (Å²) in [6.07, 6.45) is 2.48. The van der Waals surface area contributed by atoms with E-state index in [2.05, 4.69) is 30.4 Å². The summed E-state index contributed by atoms with van der Waals surface area (Å²) in [7, 11) is -3.45. The first-order valence-corrected chi connectivity index (χ1v) is 10.5. The Labute approximate surface area is 143 Å². The van der Waals surface area contributed by atoms with Gasteiger partial charge in [0.05, 0.1) is 12.7 Å². The van der Waals surface area contributed by atoms with Crippen LogP contribution in [0.2, 0.25) is 0 Å². The largest absolute Gasteiger partial charge is 0.374 e. The van der Waals surface area contributed by atoms with E-state index in [1.807, 2.05) is 6.07 Å². The molecule has 1 aromatic heterocycles. The van der Waals surface area contributed by atoms with Crippen LogP contribution in [0.15, 0.2) is 16.3 Å². The number of nitrogens with one attached hydrogen (secondary N) is 1. The lowest BCUT2D eigenvalue weighted by molar-refractivity contribution is -0.0277. The second kappa shape index (κ2) is 6.44. The monoisotopic (exact) mass is 358 g/mol. The molecule has 1 N–H and O–H groups in total. The zero-order chi connectivity index (χ0) is 16.7.